The number of pyridine rings is 1. The zero-order valence-electron chi connectivity index (χ0n) is 45.8. The van der Waals surface area contributed by atoms with Crippen molar-refractivity contribution < 1.29 is 0 Å². The number of nitrogens with zero attached hydrogens (tertiary/aromatic N) is 6. The van der Waals surface area contributed by atoms with Gasteiger partial charge in [-0.05, 0) is 181 Å². The molecule has 5 heterocycles. The minimum absolute atomic E-state index is 0.811. The number of aromatic nitrogens is 4. The third-order valence-corrected chi connectivity index (χ3v) is 16.7. The fourth-order valence-electron chi connectivity index (χ4n) is 13.2. The normalized spacial score (nSPS) is 12.5. The molecule has 380 valence electrons. The van der Waals surface area contributed by atoms with Gasteiger partial charge in [-0.25, -0.2) is 4.98 Å². The Balaban J connectivity index is 1.26. The summed E-state index contributed by atoms with van der Waals surface area (Å²) in [4.78, 5) is 11.5. The van der Waals surface area contributed by atoms with Crippen LogP contribution in [0.5, 0.6) is 0 Å². The van der Waals surface area contributed by atoms with Crippen molar-refractivity contribution in [2.75, 3.05) is 9.80 Å². The topological polar surface area (TPSA) is 34.2 Å². The molecule has 4 aromatic heterocycles. The van der Waals surface area contributed by atoms with Crippen LogP contribution in [0.15, 0.2) is 206 Å². The van der Waals surface area contributed by atoms with Crippen molar-refractivity contribution in [1.29, 1.82) is 0 Å². The Bertz CT molecular complexity index is 4650. The van der Waals surface area contributed by atoms with Gasteiger partial charge >= 0.3 is 0 Å². The van der Waals surface area contributed by atoms with E-state index in [0.717, 1.165) is 95.7 Å². The average molecular weight is 1020 g/mol. The van der Waals surface area contributed by atoms with Gasteiger partial charge in [0.25, 0.3) is 0 Å². The van der Waals surface area contributed by atoms with E-state index in [1.54, 1.807) is 0 Å². The van der Waals surface area contributed by atoms with Gasteiger partial charge in [-0.2, -0.15) is 0 Å². The zero-order valence-corrected chi connectivity index (χ0v) is 45.8. The van der Waals surface area contributed by atoms with Crippen LogP contribution in [-0.2, 0) is 0 Å². The molecule has 0 amide bonds. The minimum Gasteiger partial charge on any atom is -0.306 e. The highest BCUT2D eigenvalue weighted by Gasteiger charge is 2.38. The van der Waals surface area contributed by atoms with Crippen LogP contribution >= 0.6 is 0 Å². The van der Waals surface area contributed by atoms with Crippen molar-refractivity contribution in [1.82, 2.24) is 18.7 Å². The molecule has 0 saturated heterocycles. The Morgan fingerprint density at radius 2 is 0.582 bits per heavy atom. The Morgan fingerprint density at radius 1 is 0.266 bits per heavy atom. The summed E-state index contributed by atoms with van der Waals surface area (Å²) < 4.78 is 7.62. The first-order valence-electron chi connectivity index (χ1n) is 27.5. The highest BCUT2D eigenvalue weighted by atomic mass is 15.3. The second-order valence-corrected chi connectivity index (χ2v) is 22.2. The summed E-state index contributed by atoms with van der Waals surface area (Å²) >= 11 is 0. The number of hydrogen-bond donors (Lipinski definition) is 0. The molecule has 0 radical (unpaired) electrons. The number of rotatable bonds is 6. The molecule has 14 aromatic rings. The summed E-state index contributed by atoms with van der Waals surface area (Å²) in [5.74, 6) is 1.64. The van der Waals surface area contributed by atoms with Gasteiger partial charge in [0.15, 0.2) is 11.6 Å². The lowest BCUT2D eigenvalue weighted by Crippen LogP contribution is -2.26. The number of hydrogen-bond acceptors (Lipinski definition) is 3. The van der Waals surface area contributed by atoms with Crippen LogP contribution in [0.3, 0.4) is 0 Å². The summed E-state index contributed by atoms with van der Waals surface area (Å²) in [6.07, 6.45) is 0. The smallest absolute Gasteiger partial charge is 0.165 e. The number of fused-ring (bicyclic) bond motifs is 11. The van der Waals surface area contributed by atoms with Crippen molar-refractivity contribution in [2.45, 2.75) is 55.4 Å². The van der Waals surface area contributed by atoms with E-state index in [1.807, 2.05) is 0 Å². The molecule has 0 atom stereocenters. The van der Waals surface area contributed by atoms with Crippen molar-refractivity contribution >= 4 is 99.7 Å². The molecule has 0 saturated carbocycles. The maximum absolute atomic E-state index is 6.56. The van der Waals surface area contributed by atoms with Crippen LogP contribution in [0.1, 0.15) is 44.5 Å². The van der Waals surface area contributed by atoms with Crippen LogP contribution in [-0.4, -0.2) is 18.7 Å². The molecule has 1 aliphatic rings. The van der Waals surface area contributed by atoms with Gasteiger partial charge in [-0.15, -0.1) is 0 Å². The number of aryl methyl sites for hydroxylation is 8. The maximum Gasteiger partial charge on any atom is 0.165 e. The van der Waals surface area contributed by atoms with Gasteiger partial charge in [0.1, 0.15) is 11.4 Å². The van der Waals surface area contributed by atoms with Crippen LogP contribution < -0.4 is 9.80 Å². The lowest BCUT2D eigenvalue weighted by Gasteiger charge is -2.41. The molecule has 6 nitrogen and oxygen atoms in total. The summed E-state index contributed by atoms with van der Waals surface area (Å²) in [5.41, 5.74) is 25.8. The van der Waals surface area contributed by atoms with E-state index in [2.05, 4.69) is 285 Å². The molecule has 0 fully saturated rings. The quantitative estimate of drug-likeness (QED) is 0.166. The molecular formula is C73H58N6. The first kappa shape index (κ1) is 46.6. The van der Waals surface area contributed by atoms with Gasteiger partial charge in [-0.3, -0.25) is 9.47 Å². The van der Waals surface area contributed by atoms with E-state index >= 15 is 0 Å². The first-order valence-corrected chi connectivity index (χ1v) is 27.5. The van der Waals surface area contributed by atoms with E-state index in [-0.39, 0.29) is 0 Å². The third-order valence-electron chi connectivity index (χ3n) is 16.7. The van der Waals surface area contributed by atoms with Crippen LogP contribution in [0.25, 0.3) is 93.7 Å². The number of anilines is 6. The molecule has 0 N–H and O–H groups in total. The molecule has 0 aliphatic carbocycles. The Kier molecular flexibility index (Phi) is 10.3. The second kappa shape index (κ2) is 17.4. The first-order chi connectivity index (χ1) is 38.5. The summed E-state index contributed by atoms with van der Waals surface area (Å²) in [7, 11) is 0. The Labute approximate surface area is 460 Å². The van der Waals surface area contributed by atoms with Gasteiger partial charge in [0.2, 0.25) is 0 Å². The molecule has 1 aliphatic heterocycles. The molecule has 10 aromatic carbocycles. The molecule has 0 unspecified atom stereocenters. The van der Waals surface area contributed by atoms with Crippen LogP contribution in [0, 0.1) is 55.4 Å². The molecule has 15 rings (SSSR count). The minimum atomic E-state index is 0.811. The summed E-state index contributed by atoms with van der Waals surface area (Å²) in [6, 6.07) is 77.1. The lowest BCUT2D eigenvalue weighted by molar-refractivity contribution is 0.990. The average Bonchev–Trinajstić information content (AvgIpc) is 4.17. The van der Waals surface area contributed by atoms with Crippen molar-refractivity contribution in [3.8, 4) is 28.3 Å². The Morgan fingerprint density at radius 3 is 0.949 bits per heavy atom. The predicted molar refractivity (Wildman–Crippen MR) is 334 cm³/mol. The second-order valence-electron chi connectivity index (χ2n) is 22.2. The number of benzene rings is 10. The maximum atomic E-state index is 6.56. The highest BCUT2D eigenvalue weighted by molar-refractivity contribution is 6.16. The standard InChI is InChI=1S/C73H58N6/c1-43-25-31-58-52(37-43)53-38-44(2)26-32-59(53)76(58)70-69(68-49(7)17-16-18-50(68)8)71(77-60-33-27-45(3)39-54(60)55-40-46(4)28-34-61(55)77)73(74-72(70)78-62-35-29-47(5)41-56(62)57-42-48(6)30-36-63(57)78)79-66-23-14-12-21-64(66)75(51-19-10-9-11-20-51)65-22-13-15-24-67(65)79/h9-42H,1-8H3. The van der Waals surface area contributed by atoms with Gasteiger partial charge in [0, 0.05) is 43.6 Å². The van der Waals surface area contributed by atoms with Gasteiger partial charge in [0.05, 0.1) is 55.8 Å². The molecule has 0 spiro atoms. The SMILES string of the molecule is Cc1ccc2c(c1)c1cc(C)ccc1n2-c1nc(N2c3ccccc3N(c3ccccc3)c3ccccc32)c(-n2c3ccc(C)cc3c3cc(C)ccc32)c(-c2c(C)cccc2C)c1-n1c2ccc(C)cc2c2cc(C)ccc21. The summed E-state index contributed by atoms with van der Waals surface area (Å²) in [6.45, 7) is 17.8. The fraction of sp³-hybridized carbons (Fsp3) is 0.110. The fourth-order valence-corrected chi connectivity index (χ4v) is 13.2. The van der Waals surface area contributed by atoms with E-state index in [9.17, 15) is 0 Å². The molecule has 0 bridgehead atoms. The monoisotopic (exact) mass is 1020 g/mol. The van der Waals surface area contributed by atoms with E-state index in [1.165, 1.54) is 76.8 Å². The number of para-hydroxylation sites is 5. The van der Waals surface area contributed by atoms with Crippen molar-refractivity contribution in [3.63, 3.8) is 0 Å². The van der Waals surface area contributed by atoms with Crippen molar-refractivity contribution in [2.24, 2.45) is 0 Å². The van der Waals surface area contributed by atoms with E-state index in [4.69, 9.17) is 4.98 Å². The van der Waals surface area contributed by atoms with E-state index in [0.29, 0.717) is 0 Å². The van der Waals surface area contributed by atoms with Gasteiger partial charge in [-0.1, -0.05) is 130 Å². The van der Waals surface area contributed by atoms with Gasteiger partial charge < -0.3 is 14.0 Å². The Hall–Kier alpha value is -9.65. The largest absolute Gasteiger partial charge is 0.306 e. The van der Waals surface area contributed by atoms with Crippen LogP contribution in [0.4, 0.5) is 34.3 Å². The third kappa shape index (κ3) is 6.93. The van der Waals surface area contributed by atoms with Crippen molar-refractivity contribution in [3.05, 3.63) is 251 Å². The molecule has 6 heteroatoms. The van der Waals surface area contributed by atoms with Crippen LogP contribution in [0.2, 0.25) is 0 Å². The molecule has 79 heavy (non-hydrogen) atoms. The molecular weight excluding hydrogens is 961 g/mol. The van der Waals surface area contributed by atoms with E-state index < -0.39 is 0 Å². The summed E-state index contributed by atoms with van der Waals surface area (Å²) in [5, 5.41) is 7.21. The predicted octanol–water partition coefficient (Wildman–Crippen LogP) is 19.8. The highest BCUT2D eigenvalue weighted by Crippen LogP contribution is 2.58. The lowest BCUT2D eigenvalue weighted by atomic mass is 9.92. The zero-order chi connectivity index (χ0) is 53.5.